The van der Waals surface area contributed by atoms with Gasteiger partial charge >= 0.3 is 0 Å². The number of hydrogen-bond acceptors (Lipinski definition) is 5. The summed E-state index contributed by atoms with van der Waals surface area (Å²) in [6.07, 6.45) is 2.98. The highest BCUT2D eigenvalue weighted by molar-refractivity contribution is 6.07. The lowest BCUT2D eigenvalue weighted by molar-refractivity contribution is -0.129. The molecule has 4 aromatic rings. The van der Waals surface area contributed by atoms with Crippen molar-refractivity contribution in [2.24, 2.45) is 0 Å². The Bertz CT molecular complexity index is 1520. The van der Waals surface area contributed by atoms with Crippen LogP contribution in [0.4, 0.5) is 11.4 Å². The van der Waals surface area contributed by atoms with Crippen molar-refractivity contribution >= 4 is 34.2 Å². The van der Waals surface area contributed by atoms with Gasteiger partial charge in [0.05, 0.1) is 18.2 Å². The van der Waals surface area contributed by atoms with Gasteiger partial charge in [-0.1, -0.05) is 30.8 Å². The van der Waals surface area contributed by atoms with Crippen molar-refractivity contribution in [2.45, 2.75) is 13.8 Å². The minimum absolute atomic E-state index is 0.124. The molecular formula is C30H31N5O3. The third kappa shape index (κ3) is 4.72. The largest absolute Gasteiger partial charge is 0.496 e. The van der Waals surface area contributed by atoms with E-state index in [1.165, 1.54) is 6.08 Å². The fourth-order valence-corrected chi connectivity index (χ4v) is 4.98. The van der Waals surface area contributed by atoms with Gasteiger partial charge in [0.2, 0.25) is 11.8 Å². The number of methoxy groups -OCH3 is 1. The number of anilines is 2. The molecule has 38 heavy (non-hydrogen) atoms. The normalized spacial score (nSPS) is 13.4. The molecule has 0 aliphatic carbocycles. The van der Waals surface area contributed by atoms with Crippen molar-refractivity contribution in [3.05, 3.63) is 72.9 Å². The van der Waals surface area contributed by atoms with Crippen LogP contribution in [0.15, 0.2) is 67.4 Å². The van der Waals surface area contributed by atoms with Gasteiger partial charge in [0.15, 0.2) is 0 Å². The highest BCUT2D eigenvalue weighted by Crippen LogP contribution is 2.43. The van der Waals surface area contributed by atoms with Gasteiger partial charge < -0.3 is 24.8 Å². The van der Waals surface area contributed by atoms with Crippen molar-refractivity contribution in [3.63, 3.8) is 0 Å². The van der Waals surface area contributed by atoms with Crippen molar-refractivity contribution < 1.29 is 14.3 Å². The Morgan fingerprint density at radius 2 is 1.76 bits per heavy atom. The maximum atomic E-state index is 12.1. The molecule has 3 heterocycles. The third-order valence-electron chi connectivity index (χ3n) is 7.09. The molecule has 1 fully saturated rings. The number of H-pyrrole nitrogens is 1. The van der Waals surface area contributed by atoms with E-state index in [9.17, 15) is 9.59 Å². The molecule has 5 rings (SSSR count). The summed E-state index contributed by atoms with van der Waals surface area (Å²) in [5, 5.41) is 3.78. The molecule has 0 bridgehead atoms. The highest BCUT2D eigenvalue weighted by Gasteiger charge is 2.22. The minimum Gasteiger partial charge on any atom is -0.496 e. The Balaban J connectivity index is 1.57. The Kier molecular flexibility index (Phi) is 6.87. The average Bonchev–Trinajstić information content (AvgIpc) is 3.34. The zero-order valence-electron chi connectivity index (χ0n) is 21.9. The number of nitrogens with zero attached hydrogens (tertiary/aromatic N) is 3. The molecule has 0 spiro atoms. The summed E-state index contributed by atoms with van der Waals surface area (Å²) in [6.45, 7) is 10.2. The molecule has 0 radical (unpaired) electrons. The van der Waals surface area contributed by atoms with E-state index in [-0.39, 0.29) is 11.8 Å². The van der Waals surface area contributed by atoms with Crippen molar-refractivity contribution in [3.8, 4) is 28.1 Å². The Morgan fingerprint density at radius 3 is 2.42 bits per heavy atom. The first-order chi connectivity index (χ1) is 18.4. The van der Waals surface area contributed by atoms with E-state index in [0.717, 1.165) is 76.5 Å². The number of fused-ring (bicyclic) bond motifs is 1. The molecule has 1 aliphatic rings. The quantitative estimate of drug-likeness (QED) is 0.357. The van der Waals surface area contributed by atoms with Crippen LogP contribution < -0.4 is 15.0 Å². The van der Waals surface area contributed by atoms with E-state index in [1.54, 1.807) is 20.2 Å². The smallest absolute Gasteiger partial charge is 0.247 e. The average molecular weight is 510 g/mol. The zero-order valence-corrected chi connectivity index (χ0v) is 21.9. The number of amides is 2. The van der Waals surface area contributed by atoms with Crippen LogP contribution in [0.3, 0.4) is 0 Å². The monoisotopic (exact) mass is 509 g/mol. The molecule has 1 aliphatic heterocycles. The van der Waals surface area contributed by atoms with Crippen molar-refractivity contribution in [1.29, 1.82) is 0 Å². The Hall–Kier alpha value is -4.59. The molecule has 0 saturated carbocycles. The van der Waals surface area contributed by atoms with Gasteiger partial charge in [0, 0.05) is 56.2 Å². The summed E-state index contributed by atoms with van der Waals surface area (Å²) in [5.74, 6) is 0.576. The highest BCUT2D eigenvalue weighted by atomic mass is 16.5. The number of aromatic amines is 1. The second kappa shape index (κ2) is 10.4. The molecule has 2 amide bonds. The molecule has 2 aromatic carbocycles. The van der Waals surface area contributed by atoms with E-state index in [4.69, 9.17) is 4.74 Å². The third-order valence-corrected chi connectivity index (χ3v) is 7.09. The fourth-order valence-electron chi connectivity index (χ4n) is 4.98. The molecule has 2 aromatic heterocycles. The maximum Gasteiger partial charge on any atom is 0.247 e. The fraction of sp³-hybridized carbons (Fsp3) is 0.233. The minimum atomic E-state index is -0.261. The number of benzene rings is 2. The van der Waals surface area contributed by atoms with Crippen LogP contribution >= 0.6 is 0 Å². The Morgan fingerprint density at radius 1 is 1.05 bits per heavy atom. The van der Waals surface area contributed by atoms with Crippen LogP contribution in [-0.2, 0) is 9.59 Å². The first-order valence-corrected chi connectivity index (χ1v) is 12.6. The summed E-state index contributed by atoms with van der Waals surface area (Å²) in [6, 6.07) is 16.3. The van der Waals surface area contributed by atoms with Crippen molar-refractivity contribution in [1.82, 2.24) is 14.9 Å². The molecular weight excluding hydrogens is 478 g/mol. The number of aryl methyl sites for hydroxylation is 1. The van der Waals surface area contributed by atoms with E-state index in [1.807, 2.05) is 36.1 Å². The lowest BCUT2D eigenvalue weighted by Gasteiger charge is -2.35. The van der Waals surface area contributed by atoms with Gasteiger partial charge in [-0.2, -0.15) is 0 Å². The van der Waals surface area contributed by atoms with Gasteiger partial charge in [-0.15, -0.1) is 0 Å². The predicted octanol–water partition coefficient (Wildman–Crippen LogP) is 5.01. The number of aromatic nitrogens is 2. The Labute approximate surface area is 221 Å². The summed E-state index contributed by atoms with van der Waals surface area (Å²) >= 11 is 0. The number of carbonyl (C=O) groups is 2. The predicted molar refractivity (Wildman–Crippen MR) is 152 cm³/mol. The first kappa shape index (κ1) is 25.1. The van der Waals surface area contributed by atoms with Crippen LogP contribution in [0.5, 0.6) is 5.75 Å². The number of nitrogens with one attached hydrogen (secondary N) is 2. The van der Waals surface area contributed by atoms with Gasteiger partial charge in [0.25, 0.3) is 0 Å². The van der Waals surface area contributed by atoms with Gasteiger partial charge in [0.1, 0.15) is 11.4 Å². The van der Waals surface area contributed by atoms with Crippen LogP contribution in [0, 0.1) is 6.92 Å². The number of carbonyl (C=O) groups excluding carboxylic acids is 2. The molecule has 8 nitrogen and oxygen atoms in total. The molecule has 8 heteroatoms. The topological polar surface area (TPSA) is 90.6 Å². The molecule has 194 valence electrons. The number of rotatable bonds is 6. The zero-order chi connectivity index (χ0) is 26.8. The van der Waals surface area contributed by atoms with Gasteiger partial charge in [-0.3, -0.25) is 9.59 Å². The number of hydrogen-bond donors (Lipinski definition) is 2. The second-order valence-electron chi connectivity index (χ2n) is 9.37. The van der Waals surface area contributed by atoms with Crippen LogP contribution in [-0.4, -0.2) is 60.0 Å². The summed E-state index contributed by atoms with van der Waals surface area (Å²) in [5.41, 5.74) is 7.29. The van der Waals surface area contributed by atoms with Gasteiger partial charge in [-0.05, 0) is 54.0 Å². The number of pyridine rings is 1. The van der Waals surface area contributed by atoms with Crippen LogP contribution in [0.1, 0.15) is 12.5 Å². The standard InChI is InChI=1S/C30H31N5O3/c1-5-26(37)32-24-18-22(7-6-19(24)2)27-28-25(38-4)12-13-31-30(28)33-29(27)21-8-10-23(11-9-21)35-16-14-34(15-17-35)20(3)36/h5-13,18H,1,14-17H2,2-4H3,(H,31,33)(H,32,37). The van der Waals surface area contributed by atoms with E-state index >= 15 is 0 Å². The van der Waals surface area contributed by atoms with E-state index in [2.05, 4.69) is 51.0 Å². The second-order valence-corrected chi connectivity index (χ2v) is 9.37. The first-order valence-electron chi connectivity index (χ1n) is 12.6. The maximum absolute atomic E-state index is 12.1. The van der Waals surface area contributed by atoms with Gasteiger partial charge in [-0.25, -0.2) is 4.98 Å². The summed E-state index contributed by atoms with van der Waals surface area (Å²) < 4.78 is 5.72. The lowest BCUT2D eigenvalue weighted by atomic mass is 9.96. The molecule has 0 atom stereocenters. The molecule has 2 N–H and O–H groups in total. The summed E-state index contributed by atoms with van der Waals surface area (Å²) in [4.78, 5) is 36.0. The molecule has 1 saturated heterocycles. The van der Waals surface area contributed by atoms with E-state index in [0.29, 0.717) is 5.75 Å². The van der Waals surface area contributed by atoms with Crippen molar-refractivity contribution in [2.75, 3.05) is 43.5 Å². The van der Waals surface area contributed by atoms with Crippen LogP contribution in [0.2, 0.25) is 0 Å². The van der Waals surface area contributed by atoms with E-state index < -0.39 is 0 Å². The van der Waals surface area contributed by atoms with Crippen LogP contribution in [0.25, 0.3) is 33.4 Å². The summed E-state index contributed by atoms with van der Waals surface area (Å²) in [7, 11) is 1.65. The SMILES string of the molecule is C=CC(=O)Nc1cc(-c2c(-c3ccc(N4CCN(C(C)=O)CC4)cc3)[nH]c3nccc(OC)c23)ccc1C. The molecule has 0 unspecified atom stereocenters. The lowest BCUT2D eigenvalue weighted by Crippen LogP contribution is -2.48. The number of ether oxygens (including phenoxy) is 1. The number of piperazine rings is 1.